The van der Waals surface area contributed by atoms with Crippen molar-refractivity contribution in [2.45, 2.75) is 20.8 Å². The van der Waals surface area contributed by atoms with Crippen LogP contribution in [0, 0.1) is 25.7 Å². The summed E-state index contributed by atoms with van der Waals surface area (Å²) in [6.45, 7) is 6.05. The van der Waals surface area contributed by atoms with Gasteiger partial charge in [-0.15, -0.1) is 4.91 Å². The van der Waals surface area contributed by atoms with Crippen molar-refractivity contribution in [1.29, 1.82) is 0 Å². The van der Waals surface area contributed by atoms with Gasteiger partial charge in [-0.25, -0.2) is 4.98 Å². The Kier molecular flexibility index (Phi) is 2.86. The van der Waals surface area contributed by atoms with Gasteiger partial charge in [-0.1, -0.05) is 18.2 Å². The first-order chi connectivity index (χ1) is 9.61. The molecule has 20 heavy (non-hydrogen) atoms. The Morgan fingerprint density at radius 1 is 1.05 bits per heavy atom. The van der Waals surface area contributed by atoms with Crippen molar-refractivity contribution in [2.75, 3.05) is 0 Å². The summed E-state index contributed by atoms with van der Waals surface area (Å²) < 4.78 is 1.79. The molecule has 1 aromatic carbocycles. The van der Waals surface area contributed by atoms with E-state index in [1.54, 1.807) is 4.40 Å². The minimum Gasteiger partial charge on any atom is -0.278 e. The first kappa shape index (κ1) is 12.5. The molecular formula is C16H15N3O. The number of imidazole rings is 1. The number of nitroso groups, excluding NO2 is 1. The molecule has 0 aliphatic carbocycles. The highest BCUT2D eigenvalue weighted by Crippen LogP contribution is 2.32. The highest BCUT2D eigenvalue weighted by molar-refractivity contribution is 5.75. The fraction of sp³-hybridized carbons (Fsp3) is 0.188. The lowest BCUT2D eigenvalue weighted by molar-refractivity contribution is 1.08. The molecule has 4 heteroatoms. The average molecular weight is 265 g/mol. The minimum atomic E-state index is 0.362. The third-order valence-corrected chi connectivity index (χ3v) is 3.68. The van der Waals surface area contributed by atoms with Gasteiger partial charge in [0.1, 0.15) is 11.3 Å². The maximum atomic E-state index is 11.3. The fourth-order valence-electron chi connectivity index (χ4n) is 2.40. The third kappa shape index (κ3) is 1.81. The Morgan fingerprint density at radius 2 is 1.85 bits per heavy atom. The van der Waals surface area contributed by atoms with E-state index in [1.807, 2.05) is 50.2 Å². The monoisotopic (exact) mass is 265 g/mol. The first-order valence-corrected chi connectivity index (χ1v) is 6.51. The normalized spacial score (nSPS) is 10.9. The van der Waals surface area contributed by atoms with E-state index in [9.17, 15) is 4.91 Å². The van der Waals surface area contributed by atoms with Gasteiger partial charge in [0.25, 0.3) is 0 Å². The zero-order chi connectivity index (χ0) is 14.3. The molecular weight excluding hydrogens is 250 g/mol. The zero-order valence-electron chi connectivity index (χ0n) is 11.7. The Bertz CT molecular complexity index is 818. The van der Waals surface area contributed by atoms with Crippen molar-refractivity contribution >= 4 is 11.5 Å². The van der Waals surface area contributed by atoms with Gasteiger partial charge in [-0.2, -0.15) is 0 Å². The molecule has 0 aliphatic heterocycles. The Balaban J connectivity index is 2.33. The van der Waals surface area contributed by atoms with Gasteiger partial charge >= 0.3 is 0 Å². The SMILES string of the molecule is Cc1ccc(-c2nc3cccc(C)n3c2N=O)cc1C. The van der Waals surface area contributed by atoms with E-state index in [0.717, 1.165) is 16.9 Å². The quantitative estimate of drug-likeness (QED) is 0.647. The van der Waals surface area contributed by atoms with Crippen LogP contribution in [0.1, 0.15) is 16.8 Å². The highest BCUT2D eigenvalue weighted by Gasteiger charge is 2.16. The third-order valence-electron chi connectivity index (χ3n) is 3.68. The van der Waals surface area contributed by atoms with Gasteiger partial charge in [-0.05, 0) is 55.3 Å². The lowest BCUT2D eigenvalue weighted by Crippen LogP contribution is -1.89. The van der Waals surface area contributed by atoms with E-state index < -0.39 is 0 Å². The smallest absolute Gasteiger partial charge is 0.209 e. The molecule has 0 unspecified atom stereocenters. The maximum Gasteiger partial charge on any atom is 0.209 e. The predicted octanol–water partition coefficient (Wildman–Crippen LogP) is 4.32. The molecule has 0 saturated carbocycles. The van der Waals surface area contributed by atoms with Gasteiger partial charge in [0, 0.05) is 11.3 Å². The molecule has 0 spiro atoms. The number of aryl methyl sites for hydroxylation is 3. The standard InChI is InChI=1S/C16H15N3O/c1-10-7-8-13(9-11(10)2)15-16(18-20)19-12(3)5-4-6-14(19)17-15/h4-9H,1-3H3. The summed E-state index contributed by atoms with van der Waals surface area (Å²) in [6.07, 6.45) is 0. The van der Waals surface area contributed by atoms with Crippen molar-refractivity contribution in [2.24, 2.45) is 5.18 Å². The molecule has 0 N–H and O–H groups in total. The molecule has 0 saturated heterocycles. The molecule has 3 aromatic rings. The molecule has 4 nitrogen and oxygen atoms in total. The summed E-state index contributed by atoms with van der Waals surface area (Å²) in [5.41, 5.74) is 5.64. The minimum absolute atomic E-state index is 0.362. The van der Waals surface area contributed by atoms with Crippen LogP contribution in [-0.2, 0) is 0 Å². The van der Waals surface area contributed by atoms with Crippen LogP contribution < -0.4 is 0 Å². The molecule has 2 aromatic heterocycles. The number of nitrogens with zero attached hydrogens (tertiary/aromatic N) is 3. The van der Waals surface area contributed by atoms with Gasteiger partial charge in [-0.3, -0.25) is 4.40 Å². The van der Waals surface area contributed by atoms with Gasteiger partial charge in [0.2, 0.25) is 5.82 Å². The van der Waals surface area contributed by atoms with Crippen molar-refractivity contribution in [3.63, 3.8) is 0 Å². The molecule has 0 bridgehead atoms. The van der Waals surface area contributed by atoms with Crippen LogP contribution in [0.5, 0.6) is 0 Å². The Hall–Kier alpha value is -2.49. The highest BCUT2D eigenvalue weighted by atomic mass is 16.3. The van der Waals surface area contributed by atoms with Crippen LogP contribution in [0.15, 0.2) is 41.6 Å². The van der Waals surface area contributed by atoms with Gasteiger partial charge in [0.15, 0.2) is 0 Å². The predicted molar refractivity (Wildman–Crippen MR) is 80.3 cm³/mol. The van der Waals surface area contributed by atoms with E-state index in [-0.39, 0.29) is 0 Å². The van der Waals surface area contributed by atoms with E-state index in [0.29, 0.717) is 11.5 Å². The van der Waals surface area contributed by atoms with Crippen LogP contribution in [0.4, 0.5) is 5.82 Å². The maximum absolute atomic E-state index is 11.3. The number of pyridine rings is 1. The largest absolute Gasteiger partial charge is 0.278 e. The number of aromatic nitrogens is 2. The molecule has 0 aliphatic rings. The van der Waals surface area contributed by atoms with Crippen molar-refractivity contribution in [3.05, 3.63) is 58.1 Å². The molecule has 0 fully saturated rings. The molecule has 100 valence electrons. The number of benzene rings is 1. The summed E-state index contributed by atoms with van der Waals surface area (Å²) in [5.74, 6) is 0.362. The number of hydrogen-bond donors (Lipinski definition) is 0. The second kappa shape index (κ2) is 4.56. The van der Waals surface area contributed by atoms with E-state index >= 15 is 0 Å². The van der Waals surface area contributed by atoms with Gasteiger partial charge < -0.3 is 0 Å². The van der Waals surface area contributed by atoms with Crippen LogP contribution >= 0.6 is 0 Å². The zero-order valence-corrected chi connectivity index (χ0v) is 11.7. The fourth-order valence-corrected chi connectivity index (χ4v) is 2.40. The number of fused-ring (bicyclic) bond motifs is 1. The topological polar surface area (TPSA) is 46.7 Å². The Labute approximate surface area is 117 Å². The molecule has 0 atom stereocenters. The van der Waals surface area contributed by atoms with Crippen molar-refractivity contribution in [3.8, 4) is 11.3 Å². The van der Waals surface area contributed by atoms with Crippen LogP contribution in [-0.4, -0.2) is 9.38 Å². The summed E-state index contributed by atoms with van der Waals surface area (Å²) in [6, 6.07) is 11.8. The van der Waals surface area contributed by atoms with E-state index in [1.165, 1.54) is 11.1 Å². The number of rotatable bonds is 2. The summed E-state index contributed by atoms with van der Waals surface area (Å²) in [4.78, 5) is 15.8. The summed E-state index contributed by atoms with van der Waals surface area (Å²) >= 11 is 0. The molecule has 0 amide bonds. The molecule has 3 rings (SSSR count). The lowest BCUT2D eigenvalue weighted by Gasteiger charge is -2.03. The summed E-state index contributed by atoms with van der Waals surface area (Å²) in [7, 11) is 0. The van der Waals surface area contributed by atoms with Crippen LogP contribution in [0.2, 0.25) is 0 Å². The lowest BCUT2D eigenvalue weighted by atomic mass is 10.0. The van der Waals surface area contributed by atoms with Crippen molar-refractivity contribution < 1.29 is 0 Å². The second-order valence-corrected chi connectivity index (χ2v) is 5.04. The number of hydrogen-bond acceptors (Lipinski definition) is 3. The van der Waals surface area contributed by atoms with Crippen molar-refractivity contribution in [1.82, 2.24) is 9.38 Å². The average Bonchev–Trinajstić information content (AvgIpc) is 2.82. The second-order valence-electron chi connectivity index (χ2n) is 5.04. The van der Waals surface area contributed by atoms with E-state index in [4.69, 9.17) is 0 Å². The van der Waals surface area contributed by atoms with E-state index in [2.05, 4.69) is 17.1 Å². The first-order valence-electron chi connectivity index (χ1n) is 6.51. The van der Waals surface area contributed by atoms with Crippen LogP contribution in [0.25, 0.3) is 16.9 Å². The molecule has 0 radical (unpaired) electrons. The van der Waals surface area contributed by atoms with Crippen LogP contribution in [0.3, 0.4) is 0 Å². The summed E-state index contributed by atoms with van der Waals surface area (Å²) in [5, 5.41) is 3.20. The van der Waals surface area contributed by atoms with Gasteiger partial charge in [0.05, 0.1) is 0 Å². The molecule has 2 heterocycles. The Morgan fingerprint density at radius 3 is 2.55 bits per heavy atom.